The topological polar surface area (TPSA) is 35.6 Å². The van der Waals surface area contributed by atoms with Crippen LogP contribution in [-0.4, -0.2) is 24.0 Å². The molecule has 2 aromatic carbocycles. The van der Waals surface area contributed by atoms with Gasteiger partial charge >= 0.3 is 0 Å². The molecule has 24 heavy (non-hydrogen) atoms. The summed E-state index contributed by atoms with van der Waals surface area (Å²) in [4.78, 5) is 12.5. The smallest absolute Gasteiger partial charge is 0.257 e. The molecule has 1 atom stereocenters. The summed E-state index contributed by atoms with van der Waals surface area (Å²) in [6.07, 6.45) is 3.16. The van der Waals surface area contributed by atoms with Crippen molar-refractivity contribution in [2.45, 2.75) is 13.3 Å². The molecule has 2 heterocycles. The van der Waals surface area contributed by atoms with Gasteiger partial charge in [0, 0.05) is 30.5 Å². The minimum atomic E-state index is -0.0376. The number of amides is 1. The van der Waals surface area contributed by atoms with Crippen molar-refractivity contribution in [3.63, 3.8) is 0 Å². The fraction of sp³-hybridized carbons (Fsp3) is 0.250. The van der Waals surface area contributed by atoms with Crippen molar-refractivity contribution in [1.29, 1.82) is 0 Å². The molecule has 0 aromatic heterocycles. The predicted octanol–water partition coefficient (Wildman–Crippen LogP) is 3.74. The third kappa shape index (κ3) is 2.69. The number of rotatable bonds is 3. The summed E-state index contributed by atoms with van der Waals surface area (Å²) in [5.41, 5.74) is 3.65. The quantitative estimate of drug-likeness (QED) is 0.875. The van der Waals surface area contributed by atoms with E-state index in [-0.39, 0.29) is 5.91 Å². The maximum atomic E-state index is 12.5. The molecule has 4 nitrogen and oxygen atoms in total. The number of hydrogen-bond donors (Lipinski definition) is 1. The number of nitrogens with one attached hydrogen (secondary N) is 1. The molecule has 0 saturated carbocycles. The summed E-state index contributed by atoms with van der Waals surface area (Å²) in [5.74, 6) is 0.628. The molecule has 1 unspecified atom stereocenters. The van der Waals surface area contributed by atoms with Crippen LogP contribution in [0.1, 0.15) is 18.9 Å². The van der Waals surface area contributed by atoms with Gasteiger partial charge in [-0.05, 0) is 30.5 Å². The molecule has 0 spiro atoms. The summed E-state index contributed by atoms with van der Waals surface area (Å²) < 4.78 is 0. The molecule has 1 amide bonds. The van der Waals surface area contributed by atoms with E-state index >= 15 is 0 Å². The van der Waals surface area contributed by atoms with Crippen molar-refractivity contribution in [3.8, 4) is 0 Å². The summed E-state index contributed by atoms with van der Waals surface area (Å²) in [6, 6.07) is 18.1. The maximum Gasteiger partial charge on any atom is 0.257 e. The van der Waals surface area contributed by atoms with Gasteiger partial charge in [-0.2, -0.15) is 0 Å². The van der Waals surface area contributed by atoms with Crippen LogP contribution in [0.15, 0.2) is 60.8 Å². The average Bonchev–Trinajstić information content (AvgIpc) is 3.16. The van der Waals surface area contributed by atoms with Crippen LogP contribution in [0.25, 0.3) is 5.57 Å². The molecule has 4 heteroatoms. The summed E-state index contributed by atoms with van der Waals surface area (Å²) in [6.45, 7) is 4.28. The van der Waals surface area contributed by atoms with Gasteiger partial charge < -0.3 is 5.32 Å². The first kappa shape index (κ1) is 15.0. The van der Waals surface area contributed by atoms with Crippen molar-refractivity contribution in [1.82, 2.24) is 5.01 Å². The maximum absolute atomic E-state index is 12.5. The van der Waals surface area contributed by atoms with Gasteiger partial charge in [0.1, 0.15) is 0 Å². The molecule has 2 aromatic rings. The molecule has 1 N–H and O–H groups in total. The highest BCUT2D eigenvalue weighted by molar-refractivity contribution is 6.31. The molecular formula is C20H21N3O. The van der Waals surface area contributed by atoms with Crippen molar-refractivity contribution in [3.05, 3.63) is 66.4 Å². The van der Waals surface area contributed by atoms with Crippen LogP contribution < -0.4 is 10.3 Å². The van der Waals surface area contributed by atoms with Crippen molar-refractivity contribution >= 4 is 22.9 Å². The zero-order chi connectivity index (χ0) is 16.5. The van der Waals surface area contributed by atoms with E-state index in [2.05, 4.69) is 34.4 Å². The number of anilines is 2. The van der Waals surface area contributed by atoms with Crippen LogP contribution in [0.5, 0.6) is 0 Å². The lowest BCUT2D eigenvalue weighted by Gasteiger charge is -2.31. The summed E-state index contributed by atoms with van der Waals surface area (Å²) in [7, 11) is 0. The lowest BCUT2D eigenvalue weighted by molar-refractivity contribution is -0.110. The fourth-order valence-electron chi connectivity index (χ4n) is 3.40. The van der Waals surface area contributed by atoms with E-state index in [1.165, 1.54) is 6.42 Å². The molecule has 2 aliphatic heterocycles. The van der Waals surface area contributed by atoms with Gasteiger partial charge in [-0.1, -0.05) is 43.3 Å². The minimum absolute atomic E-state index is 0.0376. The lowest BCUT2D eigenvalue weighted by atomic mass is 10.1. The number of hydrazine groups is 1. The number of carbonyl (C=O) groups excluding carboxylic acids is 1. The first-order valence-corrected chi connectivity index (χ1v) is 8.44. The second-order valence-corrected chi connectivity index (χ2v) is 6.53. The third-order valence-corrected chi connectivity index (χ3v) is 4.69. The molecule has 0 aliphatic carbocycles. The lowest BCUT2D eigenvalue weighted by Crippen LogP contribution is -2.37. The molecule has 2 aliphatic rings. The van der Waals surface area contributed by atoms with Gasteiger partial charge in [-0.25, -0.2) is 5.01 Å². The third-order valence-electron chi connectivity index (χ3n) is 4.69. The van der Waals surface area contributed by atoms with Crippen LogP contribution >= 0.6 is 0 Å². The largest absolute Gasteiger partial charge is 0.321 e. The highest BCUT2D eigenvalue weighted by atomic mass is 16.2. The van der Waals surface area contributed by atoms with Gasteiger partial charge in [0.2, 0.25) is 0 Å². The van der Waals surface area contributed by atoms with Crippen LogP contribution in [0.3, 0.4) is 0 Å². The van der Waals surface area contributed by atoms with E-state index in [9.17, 15) is 4.79 Å². The van der Waals surface area contributed by atoms with E-state index in [0.717, 1.165) is 30.0 Å². The highest BCUT2D eigenvalue weighted by Crippen LogP contribution is 2.33. The highest BCUT2D eigenvalue weighted by Gasteiger charge is 2.28. The Balaban J connectivity index is 1.76. The predicted molar refractivity (Wildman–Crippen MR) is 97.3 cm³/mol. The zero-order valence-electron chi connectivity index (χ0n) is 13.8. The van der Waals surface area contributed by atoms with Crippen molar-refractivity contribution < 1.29 is 4.79 Å². The number of benzene rings is 2. The Bertz CT molecular complexity index is 784. The SMILES string of the molecule is CC1CCN(N(C=C2C(=O)Nc3ccccc32)c2ccccc2)C1. The number of nitrogens with zero attached hydrogens (tertiary/aromatic N) is 2. The normalized spacial score (nSPS) is 21.8. The molecule has 1 saturated heterocycles. The Labute approximate surface area is 142 Å². The average molecular weight is 319 g/mol. The standard InChI is InChI=1S/C20H21N3O/c1-15-11-12-22(13-15)23(16-7-3-2-4-8-16)14-18-17-9-5-6-10-19(17)21-20(18)24/h2-10,14-15H,11-13H2,1H3,(H,21,24). The first-order chi connectivity index (χ1) is 11.7. The second-order valence-electron chi connectivity index (χ2n) is 6.53. The van der Waals surface area contributed by atoms with Crippen molar-refractivity contribution in [2.75, 3.05) is 23.4 Å². The Morgan fingerprint density at radius 3 is 2.62 bits per heavy atom. The van der Waals surface area contributed by atoms with E-state index in [0.29, 0.717) is 11.5 Å². The fourth-order valence-corrected chi connectivity index (χ4v) is 3.40. The molecule has 4 rings (SSSR count). The Morgan fingerprint density at radius 2 is 1.88 bits per heavy atom. The zero-order valence-corrected chi connectivity index (χ0v) is 13.8. The number of para-hydroxylation sites is 2. The van der Waals surface area contributed by atoms with Crippen LogP contribution in [0.2, 0.25) is 0 Å². The monoisotopic (exact) mass is 319 g/mol. The second kappa shape index (κ2) is 6.13. The minimum Gasteiger partial charge on any atom is -0.321 e. The van der Waals surface area contributed by atoms with Crippen molar-refractivity contribution in [2.24, 2.45) is 5.92 Å². The van der Waals surface area contributed by atoms with Crippen LogP contribution in [0, 0.1) is 5.92 Å². The van der Waals surface area contributed by atoms with Crippen LogP contribution in [-0.2, 0) is 4.79 Å². The molecule has 0 bridgehead atoms. The first-order valence-electron chi connectivity index (χ1n) is 8.44. The molecule has 122 valence electrons. The van der Waals surface area contributed by atoms with Gasteiger partial charge in [0.25, 0.3) is 5.91 Å². The van der Waals surface area contributed by atoms with E-state index < -0.39 is 0 Å². The Morgan fingerprint density at radius 1 is 1.12 bits per heavy atom. The molecular weight excluding hydrogens is 298 g/mol. The van der Waals surface area contributed by atoms with Gasteiger partial charge in [0.05, 0.1) is 11.3 Å². The van der Waals surface area contributed by atoms with E-state index in [1.54, 1.807) is 0 Å². The summed E-state index contributed by atoms with van der Waals surface area (Å²) >= 11 is 0. The van der Waals surface area contributed by atoms with Gasteiger partial charge in [-0.3, -0.25) is 9.80 Å². The van der Waals surface area contributed by atoms with Gasteiger partial charge in [0.15, 0.2) is 0 Å². The Kier molecular flexibility index (Phi) is 3.82. The van der Waals surface area contributed by atoms with Gasteiger partial charge in [-0.15, -0.1) is 0 Å². The number of carbonyl (C=O) groups is 1. The Hall–Kier alpha value is -2.59. The number of fused-ring (bicyclic) bond motifs is 1. The molecule has 0 radical (unpaired) electrons. The summed E-state index contributed by atoms with van der Waals surface area (Å²) in [5, 5.41) is 7.41. The molecule has 1 fully saturated rings. The van der Waals surface area contributed by atoms with Crippen LogP contribution in [0.4, 0.5) is 11.4 Å². The van der Waals surface area contributed by atoms with E-state index in [4.69, 9.17) is 0 Å². The number of hydrogen-bond acceptors (Lipinski definition) is 3. The van der Waals surface area contributed by atoms with E-state index in [1.807, 2.05) is 48.7 Å².